The lowest BCUT2D eigenvalue weighted by molar-refractivity contribution is -0.159. The van der Waals surface area contributed by atoms with Gasteiger partial charge in [0.15, 0.2) is 0 Å². The van der Waals surface area contributed by atoms with Crippen LogP contribution in [0.4, 0.5) is 0 Å². The summed E-state index contributed by atoms with van der Waals surface area (Å²) in [6.07, 6.45) is 6.90. The van der Waals surface area contributed by atoms with E-state index in [2.05, 4.69) is 29.2 Å². The highest BCUT2D eigenvalue weighted by Gasteiger charge is 2.09. The summed E-state index contributed by atoms with van der Waals surface area (Å²) in [7, 11) is 0. The second-order valence-electron chi connectivity index (χ2n) is 5.05. The molecule has 0 amide bonds. The zero-order valence-corrected chi connectivity index (χ0v) is 13.1. The van der Waals surface area contributed by atoms with Gasteiger partial charge in [0, 0.05) is 6.54 Å². The molecule has 0 atom stereocenters. The zero-order valence-electron chi connectivity index (χ0n) is 13.1. The van der Waals surface area contributed by atoms with Crippen LogP contribution in [0.15, 0.2) is 36.4 Å². The predicted octanol–water partition coefficient (Wildman–Crippen LogP) is 1.97. The van der Waals surface area contributed by atoms with E-state index in [9.17, 15) is 0 Å². The lowest BCUT2D eigenvalue weighted by Crippen LogP contribution is -2.23. The topological polar surface area (TPSA) is 87.1 Å². The van der Waals surface area contributed by atoms with Gasteiger partial charge in [0.05, 0.1) is 13.2 Å². The number of nitrogens with zero attached hydrogens (tertiary/aromatic N) is 1. The van der Waals surface area contributed by atoms with Gasteiger partial charge in [-0.2, -0.15) is 0 Å². The summed E-state index contributed by atoms with van der Waals surface area (Å²) in [5.74, 6) is -3.65. The molecular weight excluding hydrogens is 298 g/mol. The normalized spacial score (nSPS) is 14.4. The molecule has 0 radical (unpaired) electrons. The highest BCUT2D eigenvalue weighted by Crippen LogP contribution is 2.06. The van der Waals surface area contributed by atoms with Crippen LogP contribution < -0.4 is 0 Å². The van der Waals surface area contributed by atoms with E-state index in [0.29, 0.717) is 6.61 Å². The van der Waals surface area contributed by atoms with Crippen LogP contribution in [0.5, 0.6) is 0 Å². The van der Waals surface area contributed by atoms with E-state index < -0.39 is 11.9 Å². The number of carboxylic acids is 2. The molecule has 2 rings (SSSR count). The molecule has 0 bridgehead atoms. The van der Waals surface area contributed by atoms with Crippen molar-refractivity contribution in [3.05, 3.63) is 42.0 Å². The maximum Gasteiger partial charge on any atom is 0.414 e. The van der Waals surface area contributed by atoms with Gasteiger partial charge in [-0.25, -0.2) is 9.59 Å². The Morgan fingerprint density at radius 3 is 2.26 bits per heavy atom. The van der Waals surface area contributed by atoms with Crippen molar-refractivity contribution in [1.82, 2.24) is 4.90 Å². The smallest absolute Gasteiger partial charge is 0.414 e. The van der Waals surface area contributed by atoms with Gasteiger partial charge in [0.25, 0.3) is 0 Å². The van der Waals surface area contributed by atoms with Crippen LogP contribution >= 0.6 is 0 Å². The SMILES string of the molecule is C(=C\c1ccccc1)/COCCN1CCCC1.O=C(O)C(=O)O. The number of hydrogen-bond acceptors (Lipinski definition) is 4. The van der Waals surface area contributed by atoms with Crippen LogP contribution in [0.2, 0.25) is 0 Å². The van der Waals surface area contributed by atoms with Gasteiger partial charge in [-0.1, -0.05) is 42.5 Å². The van der Waals surface area contributed by atoms with Gasteiger partial charge in [0.1, 0.15) is 0 Å². The van der Waals surface area contributed by atoms with Crippen LogP contribution in [0.1, 0.15) is 18.4 Å². The molecule has 23 heavy (non-hydrogen) atoms. The predicted molar refractivity (Wildman–Crippen MR) is 87.2 cm³/mol. The minimum atomic E-state index is -1.82. The van der Waals surface area contributed by atoms with Crippen LogP contribution in [0.3, 0.4) is 0 Å². The van der Waals surface area contributed by atoms with Crippen molar-refractivity contribution in [2.24, 2.45) is 0 Å². The average Bonchev–Trinajstić information content (AvgIpc) is 3.05. The Bertz CT molecular complexity index is 483. The van der Waals surface area contributed by atoms with E-state index in [0.717, 1.165) is 13.2 Å². The van der Waals surface area contributed by atoms with Crippen molar-refractivity contribution < 1.29 is 24.5 Å². The average molecular weight is 321 g/mol. The number of carboxylic acid groups (broad SMARTS) is 2. The highest BCUT2D eigenvalue weighted by molar-refractivity contribution is 6.27. The third-order valence-electron chi connectivity index (χ3n) is 3.26. The molecule has 1 aliphatic rings. The second-order valence-corrected chi connectivity index (χ2v) is 5.05. The summed E-state index contributed by atoms with van der Waals surface area (Å²) in [6, 6.07) is 10.3. The van der Waals surface area contributed by atoms with Crippen molar-refractivity contribution in [3.8, 4) is 0 Å². The molecule has 6 nitrogen and oxygen atoms in total. The van der Waals surface area contributed by atoms with E-state index in [1.165, 1.54) is 31.5 Å². The van der Waals surface area contributed by atoms with Crippen molar-refractivity contribution in [1.29, 1.82) is 0 Å². The summed E-state index contributed by atoms with van der Waals surface area (Å²) in [4.78, 5) is 20.7. The molecule has 0 aromatic heterocycles. The summed E-state index contributed by atoms with van der Waals surface area (Å²) in [5.41, 5.74) is 1.23. The molecule has 1 aromatic carbocycles. The molecule has 1 aliphatic heterocycles. The number of rotatable bonds is 6. The first-order valence-electron chi connectivity index (χ1n) is 7.57. The van der Waals surface area contributed by atoms with Gasteiger partial charge >= 0.3 is 11.9 Å². The Morgan fingerprint density at radius 1 is 1.09 bits per heavy atom. The Labute approximate surface area is 136 Å². The first kappa shape index (κ1) is 18.9. The van der Waals surface area contributed by atoms with Crippen LogP contribution in [0, 0.1) is 0 Å². The third-order valence-corrected chi connectivity index (χ3v) is 3.26. The standard InChI is InChI=1S/C15H21NO.C2H2O4/c1-2-7-15(8-3-1)9-6-13-17-14-12-16-10-4-5-11-16;3-1(4)2(5)6/h1-3,6-9H,4-5,10-14H2;(H,3,4)(H,5,6)/b9-6+;. The largest absolute Gasteiger partial charge is 0.473 e. The van der Waals surface area contributed by atoms with Gasteiger partial charge < -0.3 is 19.8 Å². The highest BCUT2D eigenvalue weighted by atomic mass is 16.5. The van der Waals surface area contributed by atoms with Crippen molar-refractivity contribution in [2.75, 3.05) is 32.8 Å². The minimum absolute atomic E-state index is 0.711. The summed E-state index contributed by atoms with van der Waals surface area (Å²) >= 11 is 0. The number of ether oxygens (including phenoxy) is 1. The number of benzene rings is 1. The summed E-state index contributed by atoms with van der Waals surface area (Å²) in [6.45, 7) is 5.15. The second kappa shape index (κ2) is 11.4. The Balaban J connectivity index is 0.000000379. The van der Waals surface area contributed by atoms with E-state index in [1.54, 1.807) is 0 Å². The molecule has 126 valence electrons. The van der Waals surface area contributed by atoms with Crippen molar-refractivity contribution >= 4 is 18.0 Å². The Morgan fingerprint density at radius 2 is 1.70 bits per heavy atom. The first-order valence-corrected chi connectivity index (χ1v) is 7.57. The molecule has 0 spiro atoms. The third kappa shape index (κ3) is 9.44. The number of carbonyl (C=O) groups is 2. The fourth-order valence-electron chi connectivity index (χ4n) is 2.10. The van der Waals surface area contributed by atoms with Crippen LogP contribution in [-0.2, 0) is 14.3 Å². The Hall–Kier alpha value is -2.18. The van der Waals surface area contributed by atoms with Gasteiger partial charge in [-0.3, -0.25) is 0 Å². The summed E-state index contributed by atoms with van der Waals surface area (Å²) < 4.78 is 5.59. The molecule has 1 heterocycles. The Kier molecular flexibility index (Phi) is 9.35. The van der Waals surface area contributed by atoms with E-state index in [1.807, 2.05) is 18.2 Å². The van der Waals surface area contributed by atoms with Crippen LogP contribution in [0.25, 0.3) is 6.08 Å². The van der Waals surface area contributed by atoms with E-state index in [4.69, 9.17) is 24.5 Å². The molecule has 6 heteroatoms. The molecule has 1 saturated heterocycles. The number of likely N-dealkylation sites (tertiary alicyclic amines) is 1. The fourth-order valence-corrected chi connectivity index (χ4v) is 2.10. The van der Waals surface area contributed by atoms with Crippen LogP contribution in [-0.4, -0.2) is 59.9 Å². The number of aliphatic carboxylic acids is 2. The fraction of sp³-hybridized carbons (Fsp3) is 0.412. The van der Waals surface area contributed by atoms with Crippen molar-refractivity contribution in [3.63, 3.8) is 0 Å². The molecule has 0 saturated carbocycles. The van der Waals surface area contributed by atoms with Gasteiger partial charge in [0.2, 0.25) is 0 Å². The van der Waals surface area contributed by atoms with E-state index >= 15 is 0 Å². The van der Waals surface area contributed by atoms with E-state index in [-0.39, 0.29) is 0 Å². The maximum absolute atomic E-state index is 9.10. The minimum Gasteiger partial charge on any atom is -0.473 e. The molecule has 0 unspecified atom stereocenters. The quantitative estimate of drug-likeness (QED) is 0.615. The first-order chi connectivity index (χ1) is 11.1. The molecule has 1 aromatic rings. The lowest BCUT2D eigenvalue weighted by Gasteiger charge is -2.13. The molecule has 0 aliphatic carbocycles. The van der Waals surface area contributed by atoms with Gasteiger partial charge in [-0.05, 0) is 31.5 Å². The van der Waals surface area contributed by atoms with Crippen molar-refractivity contribution in [2.45, 2.75) is 12.8 Å². The molecule has 1 fully saturated rings. The van der Waals surface area contributed by atoms with Gasteiger partial charge in [-0.15, -0.1) is 0 Å². The monoisotopic (exact) mass is 321 g/mol. The molecular formula is C17H23NO5. The zero-order chi connectivity index (χ0) is 16.9. The summed E-state index contributed by atoms with van der Waals surface area (Å²) in [5, 5.41) is 14.8. The number of hydrogen-bond donors (Lipinski definition) is 2. The molecule has 2 N–H and O–H groups in total. The lowest BCUT2D eigenvalue weighted by atomic mass is 10.2. The maximum atomic E-state index is 9.10.